The highest BCUT2D eigenvalue weighted by atomic mass is 32.1. The van der Waals surface area contributed by atoms with Gasteiger partial charge in [-0.25, -0.2) is 4.98 Å². The fraction of sp³-hybridized carbons (Fsp3) is 0.407. The van der Waals surface area contributed by atoms with Gasteiger partial charge in [0.25, 0.3) is 5.91 Å². The van der Waals surface area contributed by atoms with Crippen LogP contribution in [-0.4, -0.2) is 38.3 Å². The van der Waals surface area contributed by atoms with Gasteiger partial charge in [0.05, 0.1) is 25.8 Å². The molecule has 1 aliphatic carbocycles. The summed E-state index contributed by atoms with van der Waals surface area (Å²) in [6.07, 6.45) is 5.05. The fourth-order valence-electron chi connectivity index (χ4n) is 4.67. The molecule has 34 heavy (non-hydrogen) atoms. The molecule has 1 fully saturated rings. The van der Waals surface area contributed by atoms with Crippen molar-refractivity contribution in [3.8, 4) is 17.2 Å². The Morgan fingerprint density at radius 1 is 1.06 bits per heavy atom. The molecule has 1 amide bonds. The molecule has 1 aromatic heterocycles. The number of benzene rings is 2. The molecule has 0 unspecified atom stereocenters. The highest BCUT2D eigenvalue weighted by Gasteiger charge is 2.36. The van der Waals surface area contributed by atoms with Gasteiger partial charge >= 0.3 is 0 Å². The predicted octanol–water partition coefficient (Wildman–Crippen LogP) is 5.39. The summed E-state index contributed by atoms with van der Waals surface area (Å²) in [5.74, 6) is 2.17. The Balaban J connectivity index is 1.42. The van der Waals surface area contributed by atoms with Crippen LogP contribution in [0, 0.1) is 0 Å². The molecule has 0 bridgehead atoms. The summed E-state index contributed by atoms with van der Waals surface area (Å²) in [4.78, 5) is 17.5. The highest BCUT2D eigenvalue weighted by molar-refractivity contribution is 7.09. The van der Waals surface area contributed by atoms with Gasteiger partial charge in [0.1, 0.15) is 11.4 Å². The molecule has 1 heterocycles. The van der Waals surface area contributed by atoms with E-state index >= 15 is 0 Å². The molecule has 180 valence electrons. The van der Waals surface area contributed by atoms with E-state index in [2.05, 4.69) is 16.4 Å². The van der Waals surface area contributed by atoms with Crippen LogP contribution in [0.15, 0.2) is 47.8 Å². The molecule has 1 saturated carbocycles. The standard InChI is InChI=1S/C27H32N2O4S/c1-4-33-21-10-7-19(8-11-21)15-25-29-22(17-34-25)26(30)28-18-27(13-5-6-14-27)20-9-12-23(31-2)24(16-20)32-3/h7-12,16-17H,4-6,13-15,18H2,1-3H3,(H,28,30). The smallest absolute Gasteiger partial charge is 0.270 e. The van der Waals surface area contributed by atoms with E-state index in [0.29, 0.717) is 31.0 Å². The first-order valence-electron chi connectivity index (χ1n) is 11.7. The number of hydrogen-bond acceptors (Lipinski definition) is 6. The maximum Gasteiger partial charge on any atom is 0.270 e. The van der Waals surface area contributed by atoms with Gasteiger partial charge in [0.2, 0.25) is 0 Å². The average Bonchev–Trinajstić information content (AvgIpc) is 3.54. The van der Waals surface area contributed by atoms with Gasteiger partial charge < -0.3 is 19.5 Å². The molecule has 2 aromatic carbocycles. The highest BCUT2D eigenvalue weighted by Crippen LogP contribution is 2.43. The molecule has 0 radical (unpaired) electrons. The van der Waals surface area contributed by atoms with E-state index in [1.807, 2.05) is 48.7 Å². The first-order chi connectivity index (χ1) is 16.6. The second kappa shape index (κ2) is 10.9. The fourth-order valence-corrected chi connectivity index (χ4v) is 5.48. The predicted molar refractivity (Wildman–Crippen MR) is 135 cm³/mol. The first kappa shape index (κ1) is 24.1. The van der Waals surface area contributed by atoms with Gasteiger partial charge in [-0.15, -0.1) is 11.3 Å². The number of ether oxygens (including phenoxy) is 3. The second-order valence-corrected chi connectivity index (χ2v) is 9.56. The van der Waals surface area contributed by atoms with Gasteiger partial charge in [0, 0.05) is 23.8 Å². The Hall–Kier alpha value is -3.06. The molecule has 0 atom stereocenters. The Morgan fingerprint density at radius 2 is 1.79 bits per heavy atom. The van der Waals surface area contributed by atoms with Crippen LogP contribution < -0.4 is 19.5 Å². The second-order valence-electron chi connectivity index (χ2n) is 8.62. The number of nitrogens with one attached hydrogen (secondary N) is 1. The topological polar surface area (TPSA) is 69.7 Å². The summed E-state index contributed by atoms with van der Waals surface area (Å²) in [7, 11) is 3.29. The first-order valence-corrected chi connectivity index (χ1v) is 12.6. The van der Waals surface area contributed by atoms with Crippen molar-refractivity contribution < 1.29 is 19.0 Å². The minimum Gasteiger partial charge on any atom is -0.494 e. The number of amides is 1. The number of thiazole rings is 1. The van der Waals surface area contributed by atoms with Crippen LogP contribution in [0.4, 0.5) is 0 Å². The van der Waals surface area contributed by atoms with Crippen molar-refractivity contribution >= 4 is 17.2 Å². The maximum absolute atomic E-state index is 13.0. The van der Waals surface area contributed by atoms with E-state index in [0.717, 1.165) is 47.8 Å². The largest absolute Gasteiger partial charge is 0.494 e. The SMILES string of the molecule is CCOc1ccc(Cc2nc(C(=O)NCC3(c4ccc(OC)c(OC)c4)CCCC3)cs2)cc1. The van der Waals surface area contributed by atoms with Gasteiger partial charge in [-0.2, -0.15) is 0 Å². The van der Waals surface area contributed by atoms with E-state index < -0.39 is 0 Å². The molecule has 3 aromatic rings. The zero-order valence-electron chi connectivity index (χ0n) is 20.1. The molecular weight excluding hydrogens is 448 g/mol. The third kappa shape index (κ3) is 5.36. The molecule has 0 saturated heterocycles. The number of nitrogens with zero attached hydrogens (tertiary/aromatic N) is 1. The van der Waals surface area contributed by atoms with Gasteiger partial charge in [-0.1, -0.05) is 31.0 Å². The van der Waals surface area contributed by atoms with Crippen LogP contribution in [0.5, 0.6) is 17.2 Å². The third-order valence-electron chi connectivity index (χ3n) is 6.52. The van der Waals surface area contributed by atoms with Crippen LogP contribution >= 0.6 is 11.3 Å². The van der Waals surface area contributed by atoms with E-state index in [4.69, 9.17) is 14.2 Å². The lowest BCUT2D eigenvalue weighted by atomic mass is 9.78. The summed E-state index contributed by atoms with van der Waals surface area (Å²) < 4.78 is 16.4. The summed E-state index contributed by atoms with van der Waals surface area (Å²) >= 11 is 1.52. The maximum atomic E-state index is 13.0. The van der Waals surface area contributed by atoms with Crippen molar-refractivity contribution in [1.82, 2.24) is 10.3 Å². The average molecular weight is 481 g/mol. The van der Waals surface area contributed by atoms with Crippen LogP contribution in [0.1, 0.15) is 59.2 Å². The normalized spacial score (nSPS) is 14.6. The van der Waals surface area contributed by atoms with E-state index in [-0.39, 0.29) is 11.3 Å². The number of methoxy groups -OCH3 is 2. The van der Waals surface area contributed by atoms with Crippen LogP contribution in [0.3, 0.4) is 0 Å². The van der Waals surface area contributed by atoms with Crippen molar-refractivity contribution in [2.24, 2.45) is 0 Å². The molecule has 7 heteroatoms. The van der Waals surface area contributed by atoms with Crippen LogP contribution in [-0.2, 0) is 11.8 Å². The summed E-state index contributed by atoms with van der Waals surface area (Å²) in [5.41, 5.74) is 2.70. The number of carbonyl (C=O) groups is 1. The van der Waals surface area contributed by atoms with Gasteiger partial charge in [-0.05, 0) is 55.2 Å². The van der Waals surface area contributed by atoms with Crippen molar-refractivity contribution in [1.29, 1.82) is 0 Å². The zero-order chi connectivity index (χ0) is 24.0. The lowest BCUT2D eigenvalue weighted by molar-refractivity contribution is 0.0938. The van der Waals surface area contributed by atoms with Crippen molar-refractivity contribution in [2.75, 3.05) is 27.4 Å². The minimum atomic E-state index is -0.124. The molecule has 0 aliphatic heterocycles. The summed E-state index contributed by atoms with van der Waals surface area (Å²) in [5, 5.41) is 5.93. The number of rotatable bonds is 10. The lowest BCUT2D eigenvalue weighted by Crippen LogP contribution is -2.39. The molecule has 1 aliphatic rings. The zero-order valence-corrected chi connectivity index (χ0v) is 20.9. The number of hydrogen-bond donors (Lipinski definition) is 1. The number of carbonyl (C=O) groups excluding carboxylic acids is 1. The summed E-state index contributed by atoms with van der Waals surface area (Å²) in [6.45, 7) is 3.20. The Bertz CT molecular complexity index is 1100. The Labute approximate surface area is 205 Å². The minimum absolute atomic E-state index is 0.101. The lowest BCUT2D eigenvalue weighted by Gasteiger charge is -2.30. The monoisotopic (exact) mass is 480 g/mol. The van der Waals surface area contributed by atoms with Crippen molar-refractivity contribution in [3.05, 3.63) is 69.7 Å². The van der Waals surface area contributed by atoms with Crippen molar-refractivity contribution in [3.63, 3.8) is 0 Å². The van der Waals surface area contributed by atoms with E-state index in [1.54, 1.807) is 14.2 Å². The molecule has 0 spiro atoms. The quantitative estimate of drug-likeness (QED) is 0.421. The molecule has 4 rings (SSSR count). The third-order valence-corrected chi connectivity index (χ3v) is 7.37. The van der Waals surface area contributed by atoms with Gasteiger partial charge in [-0.3, -0.25) is 4.79 Å². The van der Waals surface area contributed by atoms with Crippen LogP contribution in [0.2, 0.25) is 0 Å². The van der Waals surface area contributed by atoms with Crippen molar-refractivity contribution in [2.45, 2.75) is 44.4 Å². The molecule has 1 N–H and O–H groups in total. The van der Waals surface area contributed by atoms with E-state index in [9.17, 15) is 4.79 Å². The molecule has 6 nitrogen and oxygen atoms in total. The summed E-state index contributed by atoms with van der Waals surface area (Å²) in [6, 6.07) is 14.1. The van der Waals surface area contributed by atoms with Crippen LogP contribution in [0.25, 0.3) is 0 Å². The van der Waals surface area contributed by atoms with E-state index in [1.165, 1.54) is 16.9 Å². The molecular formula is C27H32N2O4S. The number of aromatic nitrogens is 1. The Morgan fingerprint density at radius 3 is 2.47 bits per heavy atom. The van der Waals surface area contributed by atoms with Gasteiger partial charge in [0.15, 0.2) is 11.5 Å². The Kier molecular flexibility index (Phi) is 7.73.